The van der Waals surface area contributed by atoms with Crippen molar-refractivity contribution in [2.75, 3.05) is 30.8 Å². The van der Waals surface area contributed by atoms with Gasteiger partial charge in [-0.3, -0.25) is 0 Å². The van der Waals surface area contributed by atoms with Gasteiger partial charge in [-0.25, -0.2) is 13.6 Å². The number of nitrogen functional groups attached to an aromatic ring is 1. The average Bonchev–Trinajstić information content (AvgIpc) is 2.31. The van der Waals surface area contributed by atoms with Crippen LogP contribution in [0.4, 0.5) is 11.4 Å². The molecule has 0 saturated carbocycles. The van der Waals surface area contributed by atoms with Crippen molar-refractivity contribution in [2.24, 2.45) is 11.1 Å². The fourth-order valence-corrected chi connectivity index (χ4v) is 2.25. The number of anilines is 2. The van der Waals surface area contributed by atoms with Crippen molar-refractivity contribution in [1.82, 2.24) is 0 Å². The van der Waals surface area contributed by atoms with E-state index in [-0.39, 0.29) is 10.6 Å². The van der Waals surface area contributed by atoms with Gasteiger partial charge in [0.25, 0.3) is 0 Å². The molecule has 0 aliphatic rings. The van der Waals surface area contributed by atoms with Crippen molar-refractivity contribution in [2.45, 2.75) is 25.2 Å². The molecule has 0 unspecified atom stereocenters. The van der Waals surface area contributed by atoms with Gasteiger partial charge in [0.15, 0.2) is 0 Å². The zero-order chi connectivity index (χ0) is 15.2. The predicted octanol–water partition coefficient (Wildman–Crippen LogP) is 1.39. The number of nitrogens with two attached hydrogens (primary N) is 2. The van der Waals surface area contributed by atoms with Gasteiger partial charge >= 0.3 is 0 Å². The van der Waals surface area contributed by atoms with Gasteiger partial charge in [0.1, 0.15) is 4.90 Å². The molecular weight excluding hydrogens is 278 g/mol. The Labute approximate surface area is 120 Å². The molecule has 0 bridgehead atoms. The highest BCUT2D eigenvalue weighted by Crippen LogP contribution is 2.21. The average molecular weight is 301 g/mol. The summed E-state index contributed by atoms with van der Waals surface area (Å²) in [6.07, 6.45) is 1.04. The summed E-state index contributed by atoms with van der Waals surface area (Å²) in [6, 6.07) is 4.57. The number of nitrogens with one attached hydrogen (secondary N) is 1. The summed E-state index contributed by atoms with van der Waals surface area (Å²) < 4.78 is 27.9. The van der Waals surface area contributed by atoms with E-state index >= 15 is 0 Å². The van der Waals surface area contributed by atoms with E-state index in [9.17, 15) is 8.42 Å². The number of primary sulfonamides is 1. The zero-order valence-electron chi connectivity index (χ0n) is 11.9. The highest BCUT2D eigenvalue weighted by molar-refractivity contribution is 7.89. The van der Waals surface area contributed by atoms with Crippen LogP contribution in [0.15, 0.2) is 23.1 Å². The molecule has 0 aliphatic heterocycles. The van der Waals surface area contributed by atoms with Crippen molar-refractivity contribution >= 4 is 21.4 Å². The Balaban J connectivity index is 2.41. The molecule has 0 heterocycles. The van der Waals surface area contributed by atoms with E-state index in [2.05, 4.69) is 19.2 Å². The first-order valence-corrected chi connectivity index (χ1v) is 8.09. The first-order valence-electron chi connectivity index (χ1n) is 6.54. The minimum absolute atomic E-state index is 0.0590. The van der Waals surface area contributed by atoms with E-state index in [1.165, 1.54) is 6.07 Å². The molecular formula is C13H23N3O3S. The summed E-state index contributed by atoms with van der Waals surface area (Å²) in [5.74, 6) is 0.633. The smallest absolute Gasteiger partial charge is 0.240 e. The van der Waals surface area contributed by atoms with Crippen LogP contribution in [0.2, 0.25) is 0 Å². The van der Waals surface area contributed by atoms with Crippen molar-refractivity contribution in [1.29, 1.82) is 0 Å². The summed E-state index contributed by atoms with van der Waals surface area (Å²) in [5, 5.41) is 8.15. The van der Waals surface area contributed by atoms with Crippen LogP contribution < -0.4 is 16.2 Å². The van der Waals surface area contributed by atoms with Crippen molar-refractivity contribution in [3.05, 3.63) is 18.2 Å². The lowest BCUT2D eigenvalue weighted by molar-refractivity contribution is 0.132. The van der Waals surface area contributed by atoms with Crippen molar-refractivity contribution < 1.29 is 13.2 Å². The standard InChI is InChI=1S/C13H23N3O3S/c1-10(2)5-7-19-8-6-16-11-3-4-13(12(14)9-11)20(15,17)18/h3-4,9-10,16H,5-8,14H2,1-2H3,(H2,15,17,18). The van der Waals surface area contributed by atoms with Crippen LogP contribution >= 0.6 is 0 Å². The van der Waals surface area contributed by atoms with Gasteiger partial charge < -0.3 is 15.8 Å². The third-order valence-corrected chi connectivity index (χ3v) is 3.72. The number of sulfonamides is 1. The Kier molecular flexibility index (Phi) is 6.25. The number of hydrogen-bond acceptors (Lipinski definition) is 5. The molecule has 0 aromatic heterocycles. The SMILES string of the molecule is CC(C)CCOCCNc1ccc(S(N)(=O)=O)c(N)c1. The van der Waals surface area contributed by atoms with Crippen LogP contribution in [-0.4, -0.2) is 28.2 Å². The largest absolute Gasteiger partial charge is 0.398 e. The number of rotatable bonds is 8. The molecule has 0 radical (unpaired) electrons. The fraction of sp³-hybridized carbons (Fsp3) is 0.538. The summed E-state index contributed by atoms with van der Waals surface area (Å²) in [4.78, 5) is -0.0590. The second-order valence-electron chi connectivity index (χ2n) is 5.02. The second kappa shape index (κ2) is 7.47. The Hall–Kier alpha value is -1.31. The molecule has 1 aromatic carbocycles. The van der Waals surface area contributed by atoms with Crippen LogP contribution in [0.3, 0.4) is 0 Å². The molecule has 114 valence electrons. The van der Waals surface area contributed by atoms with Gasteiger partial charge in [-0.2, -0.15) is 0 Å². The van der Waals surface area contributed by atoms with Crippen LogP contribution in [0.5, 0.6) is 0 Å². The highest BCUT2D eigenvalue weighted by atomic mass is 32.2. The van der Waals surface area contributed by atoms with Gasteiger partial charge in [-0.05, 0) is 30.5 Å². The highest BCUT2D eigenvalue weighted by Gasteiger charge is 2.11. The topological polar surface area (TPSA) is 107 Å². The third kappa shape index (κ3) is 5.77. The molecule has 0 fully saturated rings. The Morgan fingerprint density at radius 2 is 2.00 bits per heavy atom. The van der Waals surface area contributed by atoms with Gasteiger partial charge in [0.2, 0.25) is 10.0 Å². The molecule has 0 amide bonds. The Morgan fingerprint density at radius 3 is 2.55 bits per heavy atom. The maximum absolute atomic E-state index is 11.2. The molecule has 0 saturated heterocycles. The molecule has 0 aliphatic carbocycles. The lowest BCUT2D eigenvalue weighted by Crippen LogP contribution is -2.15. The van der Waals surface area contributed by atoms with E-state index in [1.807, 2.05) is 0 Å². The lowest BCUT2D eigenvalue weighted by Gasteiger charge is -2.10. The first-order chi connectivity index (χ1) is 9.30. The van der Waals surface area contributed by atoms with Crippen molar-refractivity contribution in [3.63, 3.8) is 0 Å². The molecule has 1 aromatic rings. The minimum Gasteiger partial charge on any atom is -0.398 e. The third-order valence-electron chi connectivity index (χ3n) is 2.73. The zero-order valence-corrected chi connectivity index (χ0v) is 12.7. The lowest BCUT2D eigenvalue weighted by atomic mass is 10.1. The maximum atomic E-state index is 11.2. The summed E-state index contributed by atoms with van der Waals surface area (Å²) in [5.41, 5.74) is 6.54. The van der Waals surface area contributed by atoms with Crippen LogP contribution in [0, 0.1) is 5.92 Å². The summed E-state index contributed by atoms with van der Waals surface area (Å²) in [7, 11) is -3.77. The van der Waals surface area contributed by atoms with Gasteiger partial charge in [0.05, 0.1) is 12.3 Å². The normalized spacial score (nSPS) is 11.8. The van der Waals surface area contributed by atoms with Crippen LogP contribution in [0.1, 0.15) is 20.3 Å². The summed E-state index contributed by atoms with van der Waals surface area (Å²) >= 11 is 0. The molecule has 0 atom stereocenters. The first kappa shape index (κ1) is 16.7. The Bertz CT molecular complexity index is 530. The number of benzene rings is 1. The van der Waals surface area contributed by atoms with E-state index < -0.39 is 10.0 Å². The van der Waals surface area contributed by atoms with Crippen molar-refractivity contribution in [3.8, 4) is 0 Å². The molecule has 0 spiro atoms. The molecule has 1 rings (SSSR count). The quantitative estimate of drug-likeness (QED) is 0.497. The maximum Gasteiger partial charge on any atom is 0.240 e. The fourth-order valence-electron chi connectivity index (χ4n) is 1.61. The molecule has 20 heavy (non-hydrogen) atoms. The monoisotopic (exact) mass is 301 g/mol. The van der Waals surface area contributed by atoms with E-state index in [1.54, 1.807) is 12.1 Å². The van der Waals surface area contributed by atoms with Gasteiger partial charge in [0, 0.05) is 18.8 Å². The minimum atomic E-state index is -3.77. The van der Waals surface area contributed by atoms with Crippen LogP contribution in [-0.2, 0) is 14.8 Å². The molecule has 6 nitrogen and oxygen atoms in total. The van der Waals surface area contributed by atoms with Gasteiger partial charge in [-0.15, -0.1) is 0 Å². The molecule has 5 N–H and O–H groups in total. The Morgan fingerprint density at radius 1 is 1.30 bits per heavy atom. The van der Waals surface area contributed by atoms with E-state index in [0.717, 1.165) is 18.7 Å². The van der Waals surface area contributed by atoms with Gasteiger partial charge in [-0.1, -0.05) is 13.8 Å². The van der Waals surface area contributed by atoms with Crippen LogP contribution in [0.25, 0.3) is 0 Å². The predicted molar refractivity (Wildman–Crippen MR) is 81.0 cm³/mol. The second-order valence-corrected chi connectivity index (χ2v) is 6.55. The van der Waals surface area contributed by atoms with E-state index in [4.69, 9.17) is 15.6 Å². The summed E-state index contributed by atoms with van der Waals surface area (Å²) in [6.45, 7) is 6.26. The van der Waals surface area contributed by atoms with E-state index in [0.29, 0.717) is 19.1 Å². The number of hydrogen-bond donors (Lipinski definition) is 3. The number of ether oxygens (including phenoxy) is 1. The molecule has 7 heteroatoms.